The van der Waals surface area contributed by atoms with Crippen molar-refractivity contribution in [3.63, 3.8) is 0 Å². The first-order valence-electron chi connectivity index (χ1n) is 0.919. The van der Waals surface area contributed by atoms with E-state index in [9.17, 15) is 4.53 Å². The van der Waals surface area contributed by atoms with E-state index in [4.69, 9.17) is 14.4 Å². The Morgan fingerprint density at radius 3 is 1.75 bits per heavy atom. The van der Waals surface area contributed by atoms with Crippen LogP contribution in [0.5, 0.6) is 0 Å². The van der Waals surface area contributed by atoms with E-state index < -0.39 is 7.82 Å². The van der Waals surface area contributed by atoms with Gasteiger partial charge < -0.3 is 11.2 Å². The molecule has 0 unspecified atom stereocenters. The smallest absolute Gasteiger partial charge is 1.00 e. The molecule has 8 heavy (non-hydrogen) atoms. The second-order valence-electron chi connectivity index (χ2n) is 0.560. The van der Waals surface area contributed by atoms with Gasteiger partial charge in [-0.15, -0.1) is 0 Å². The van der Waals surface area contributed by atoms with Crippen LogP contribution in [0.15, 0.2) is 0 Å². The zero-order valence-electron chi connectivity index (χ0n) is 4.91. The number of hydrogen-bond acceptors (Lipinski definition) is 2. The summed E-state index contributed by atoms with van der Waals surface area (Å²) in [7, 11) is -4.81. The minimum Gasteiger partial charge on any atom is -1.00 e. The predicted octanol–water partition coefficient (Wildman–Crippen LogP) is -2.91. The Balaban J connectivity index is -0.0000000417. The SMILES string of the molecule is O=P(O)(O)OF.[H-].[Li+].[Mn]. The Morgan fingerprint density at radius 2 is 1.75 bits per heavy atom. The van der Waals surface area contributed by atoms with E-state index in [1.165, 1.54) is 0 Å². The van der Waals surface area contributed by atoms with Gasteiger partial charge in [-0.05, 0) is 4.53 Å². The molecule has 0 fully saturated rings. The maximum Gasteiger partial charge on any atom is 1.00 e. The van der Waals surface area contributed by atoms with Crippen LogP contribution in [0.1, 0.15) is 1.43 Å². The Labute approximate surface area is 69.1 Å². The van der Waals surface area contributed by atoms with Crippen molar-refractivity contribution in [1.29, 1.82) is 0 Å². The van der Waals surface area contributed by atoms with Gasteiger partial charge in [0.05, 0.1) is 0 Å². The Kier molecular flexibility index (Phi) is 12.6. The summed E-state index contributed by atoms with van der Waals surface area (Å²) < 4.78 is 21.4. The van der Waals surface area contributed by atoms with Crippen LogP contribution < -0.4 is 18.9 Å². The third-order valence-corrected chi connectivity index (χ3v) is 0.270. The molecule has 0 spiro atoms. The fourth-order valence-corrected chi connectivity index (χ4v) is 0. The molecule has 2 N–H and O–H groups in total. The van der Waals surface area contributed by atoms with Crippen molar-refractivity contribution in [3.8, 4) is 0 Å². The summed E-state index contributed by atoms with van der Waals surface area (Å²) in [5.41, 5.74) is 0. The molecule has 4 nitrogen and oxygen atoms in total. The molecule has 47 valence electrons. The topological polar surface area (TPSA) is 66.8 Å². The van der Waals surface area contributed by atoms with E-state index in [1.807, 2.05) is 0 Å². The van der Waals surface area contributed by atoms with E-state index in [0.717, 1.165) is 0 Å². The van der Waals surface area contributed by atoms with E-state index >= 15 is 0 Å². The fraction of sp³-hybridized carbons (Fsp3) is 0. The van der Waals surface area contributed by atoms with Crippen LogP contribution >= 0.6 is 7.82 Å². The van der Waals surface area contributed by atoms with Gasteiger partial charge in [0.1, 0.15) is 0 Å². The Morgan fingerprint density at radius 1 is 1.62 bits per heavy atom. The van der Waals surface area contributed by atoms with E-state index in [0.29, 0.717) is 0 Å². The minimum absolute atomic E-state index is 0. The summed E-state index contributed by atoms with van der Waals surface area (Å²) in [5.74, 6) is 0. The zero-order valence-corrected chi connectivity index (χ0v) is 5.99. The molecule has 0 aliphatic heterocycles. The van der Waals surface area contributed by atoms with Crippen molar-refractivity contribution in [2.45, 2.75) is 0 Å². The third-order valence-electron chi connectivity index (χ3n) is 0.0899. The Hall–Kier alpha value is 1.16. The van der Waals surface area contributed by atoms with Crippen LogP contribution in [-0.2, 0) is 26.4 Å². The molecule has 0 aromatic heterocycles. The summed E-state index contributed by atoms with van der Waals surface area (Å²) in [4.78, 5) is 14.7. The molecule has 0 rings (SSSR count). The first-order valence-corrected chi connectivity index (χ1v) is 2.45. The normalized spacial score (nSPS) is 8.88. The van der Waals surface area contributed by atoms with Gasteiger partial charge in [-0.3, -0.25) is 0 Å². The molecule has 0 saturated heterocycles. The van der Waals surface area contributed by atoms with E-state index in [2.05, 4.69) is 4.73 Å². The average Bonchev–Trinajstić information content (AvgIpc) is 1.35. The van der Waals surface area contributed by atoms with E-state index in [-0.39, 0.29) is 37.4 Å². The standard InChI is InChI=1S/FH2O4P.Li.Mn.H/c1-5-6(2,3)4;;;/h(H2,2,3,4);;;/q;+1;;-1. The maximum absolute atomic E-state index is 10.2. The van der Waals surface area contributed by atoms with Gasteiger partial charge >= 0.3 is 26.7 Å². The average molecular weight is 179 g/mol. The van der Waals surface area contributed by atoms with Gasteiger partial charge in [0.15, 0.2) is 0 Å². The fourth-order valence-electron chi connectivity index (χ4n) is 0. The van der Waals surface area contributed by atoms with Crippen LogP contribution in [0.25, 0.3) is 0 Å². The summed E-state index contributed by atoms with van der Waals surface area (Å²) >= 11 is 0. The van der Waals surface area contributed by atoms with Gasteiger partial charge in [0, 0.05) is 17.1 Å². The molecule has 0 atom stereocenters. The molecular weight excluding hydrogens is 176 g/mol. The van der Waals surface area contributed by atoms with Crippen LogP contribution in [0.2, 0.25) is 0 Å². The molecule has 0 aromatic rings. The van der Waals surface area contributed by atoms with Crippen molar-refractivity contribution in [2.75, 3.05) is 0 Å². The van der Waals surface area contributed by atoms with Gasteiger partial charge in [-0.2, -0.15) is 0 Å². The summed E-state index contributed by atoms with van der Waals surface area (Å²) in [6.07, 6.45) is 0. The second-order valence-corrected chi connectivity index (χ2v) is 1.68. The predicted molar refractivity (Wildman–Crippen MR) is 15.3 cm³/mol. The van der Waals surface area contributed by atoms with Crippen LogP contribution in [0.3, 0.4) is 0 Å². The first kappa shape index (κ1) is 16.1. The van der Waals surface area contributed by atoms with Crippen molar-refractivity contribution >= 4 is 7.82 Å². The molecule has 8 heteroatoms. The van der Waals surface area contributed by atoms with Crippen molar-refractivity contribution in [3.05, 3.63) is 0 Å². The van der Waals surface area contributed by atoms with Crippen molar-refractivity contribution in [1.82, 2.24) is 0 Å². The van der Waals surface area contributed by atoms with E-state index in [1.54, 1.807) is 0 Å². The van der Waals surface area contributed by atoms with Gasteiger partial charge in [0.2, 0.25) is 0 Å². The molecule has 0 aliphatic rings. The van der Waals surface area contributed by atoms with Crippen LogP contribution in [0.4, 0.5) is 4.53 Å². The monoisotopic (exact) mass is 179 g/mol. The summed E-state index contributed by atoms with van der Waals surface area (Å²) in [6.45, 7) is 0. The summed E-state index contributed by atoms with van der Waals surface area (Å²) in [5, 5.41) is 0. The number of hydrogen-bond donors (Lipinski definition) is 2. The molecule has 0 aromatic carbocycles. The molecule has 1 radical (unpaired) electrons. The summed E-state index contributed by atoms with van der Waals surface area (Å²) in [6, 6.07) is 0. The minimum atomic E-state index is -4.81. The first-order chi connectivity index (χ1) is 2.56. The number of phosphoric acid groups is 1. The van der Waals surface area contributed by atoms with Gasteiger partial charge in [0.25, 0.3) is 0 Å². The molecule has 0 bridgehead atoms. The molecule has 0 aliphatic carbocycles. The maximum atomic E-state index is 10.2. The quantitative estimate of drug-likeness (QED) is 0.334. The second kappa shape index (κ2) is 6.28. The van der Waals surface area contributed by atoms with Gasteiger partial charge in [-0.1, -0.05) is 4.73 Å². The van der Waals surface area contributed by atoms with Crippen LogP contribution in [-0.4, -0.2) is 9.79 Å². The zero-order chi connectivity index (χ0) is 5.21. The van der Waals surface area contributed by atoms with Gasteiger partial charge in [-0.25, -0.2) is 4.57 Å². The number of rotatable bonds is 1. The largest absolute Gasteiger partial charge is 1.00 e. The van der Waals surface area contributed by atoms with Crippen LogP contribution in [0, 0.1) is 0 Å². The molecule has 0 heterocycles. The molecule has 0 saturated carbocycles. The number of halogens is 1. The van der Waals surface area contributed by atoms with Crippen molar-refractivity contribution in [2.24, 2.45) is 0 Å². The molecular formula is H3FLiMnO4P. The third kappa shape index (κ3) is 15.7. The molecule has 0 amide bonds. The van der Waals surface area contributed by atoms with Crippen molar-refractivity contribution < 1.29 is 61.0 Å². The Bertz CT molecular complexity index is 84.6.